The van der Waals surface area contributed by atoms with E-state index < -0.39 is 24.4 Å². The number of nitrogens with one attached hydrogen (secondary N) is 3. The number of hydrogen-bond acceptors (Lipinski definition) is 7. The fourth-order valence-electron chi connectivity index (χ4n) is 5.36. The minimum absolute atomic E-state index is 0.0244. The van der Waals surface area contributed by atoms with E-state index in [1.165, 1.54) is 0 Å². The zero-order valence-electron chi connectivity index (χ0n) is 17.7. The lowest BCUT2D eigenvalue weighted by molar-refractivity contribution is -0.134. The molecular formula is C20H38FN5O3. The first kappa shape index (κ1) is 22.8. The first-order valence-electron chi connectivity index (χ1n) is 11.0. The monoisotopic (exact) mass is 415 g/mol. The molecule has 0 aromatic rings. The molecule has 1 amide bonds. The quantitative estimate of drug-likeness (QED) is 0.338. The minimum Gasteiger partial charge on any atom is -0.390 e. The number of hydrogen-bond donors (Lipinski definition) is 6. The Kier molecular flexibility index (Phi) is 7.51. The maximum Gasteiger partial charge on any atom is 0.241 e. The van der Waals surface area contributed by atoms with E-state index >= 15 is 0 Å². The second kappa shape index (κ2) is 9.53. The highest BCUT2D eigenvalue weighted by Gasteiger charge is 2.44. The molecule has 168 valence electrons. The van der Waals surface area contributed by atoms with Crippen molar-refractivity contribution in [2.75, 3.05) is 13.6 Å². The number of amides is 1. The lowest BCUT2D eigenvalue weighted by Crippen LogP contribution is -2.55. The second-order valence-electron chi connectivity index (χ2n) is 9.38. The van der Waals surface area contributed by atoms with Gasteiger partial charge in [-0.1, -0.05) is 0 Å². The Balaban J connectivity index is 1.61. The number of halogens is 1. The molecule has 7 N–H and O–H groups in total. The summed E-state index contributed by atoms with van der Waals surface area (Å²) >= 11 is 0. The van der Waals surface area contributed by atoms with Crippen LogP contribution in [0.4, 0.5) is 4.39 Å². The third-order valence-corrected chi connectivity index (χ3v) is 7.19. The minimum atomic E-state index is -0.834. The van der Waals surface area contributed by atoms with Crippen molar-refractivity contribution in [2.45, 2.75) is 94.5 Å². The van der Waals surface area contributed by atoms with Crippen LogP contribution in [0.1, 0.15) is 46.0 Å². The maximum atomic E-state index is 13.8. The SMILES string of the molecule is CC1NNC(C(=O)N(C)CC2CC(F)CCC2N)C1C(C)N[C@@H]1CC[C@@H](O)[C@H]1O. The van der Waals surface area contributed by atoms with Gasteiger partial charge in [0.2, 0.25) is 5.91 Å². The lowest BCUT2D eigenvalue weighted by atomic mass is 9.83. The molecule has 0 spiro atoms. The van der Waals surface area contributed by atoms with Crippen molar-refractivity contribution >= 4 is 5.91 Å². The molecule has 2 aliphatic carbocycles. The highest BCUT2D eigenvalue weighted by atomic mass is 19.1. The summed E-state index contributed by atoms with van der Waals surface area (Å²) in [5.74, 6) is -0.104. The number of rotatable bonds is 6. The van der Waals surface area contributed by atoms with Crippen molar-refractivity contribution in [3.8, 4) is 0 Å². The zero-order valence-corrected chi connectivity index (χ0v) is 17.7. The fraction of sp³-hybridized carbons (Fsp3) is 0.950. The van der Waals surface area contributed by atoms with Crippen LogP contribution < -0.4 is 21.9 Å². The number of hydrazine groups is 1. The summed E-state index contributed by atoms with van der Waals surface area (Å²) in [6.45, 7) is 4.49. The first-order valence-corrected chi connectivity index (χ1v) is 11.0. The van der Waals surface area contributed by atoms with Gasteiger partial charge in [0, 0.05) is 43.7 Å². The molecule has 0 aromatic heterocycles. The van der Waals surface area contributed by atoms with Gasteiger partial charge in [-0.15, -0.1) is 0 Å². The van der Waals surface area contributed by atoms with Gasteiger partial charge in [0.15, 0.2) is 0 Å². The van der Waals surface area contributed by atoms with Gasteiger partial charge < -0.3 is 26.2 Å². The van der Waals surface area contributed by atoms with Gasteiger partial charge in [0.1, 0.15) is 12.2 Å². The normalized spacial score (nSPS) is 44.0. The number of aliphatic hydroxyl groups excluding tert-OH is 2. The van der Waals surface area contributed by atoms with E-state index in [2.05, 4.69) is 16.2 Å². The van der Waals surface area contributed by atoms with Gasteiger partial charge in [-0.3, -0.25) is 10.2 Å². The van der Waals surface area contributed by atoms with Crippen LogP contribution in [0.15, 0.2) is 0 Å². The van der Waals surface area contributed by atoms with E-state index in [0.717, 1.165) is 0 Å². The summed E-state index contributed by atoms with van der Waals surface area (Å²) in [6, 6.07) is -0.676. The molecule has 29 heavy (non-hydrogen) atoms. The average Bonchev–Trinajstić information content (AvgIpc) is 3.21. The molecule has 1 heterocycles. The number of alkyl halides is 1. The summed E-state index contributed by atoms with van der Waals surface area (Å²) in [6.07, 6.45) is 0.546. The van der Waals surface area contributed by atoms with Crippen LogP contribution in [-0.4, -0.2) is 83.2 Å². The molecule has 2 saturated carbocycles. The van der Waals surface area contributed by atoms with Crippen molar-refractivity contribution in [3.05, 3.63) is 0 Å². The van der Waals surface area contributed by atoms with Crippen LogP contribution in [0.3, 0.4) is 0 Å². The summed E-state index contributed by atoms with van der Waals surface area (Å²) in [5.41, 5.74) is 12.5. The Bertz CT molecular complexity index is 570. The standard InChI is InChI=1S/C20H38FN5O3/c1-10(23-15-6-7-16(27)19(15)28)17-11(2)24-25-18(17)20(29)26(3)9-12-8-13(21)4-5-14(12)22/h10-19,23-25,27-28H,4-9,22H2,1-3H3/t10?,11?,12?,13?,14?,15-,16-,17?,18?,19+/m1/s1. The van der Waals surface area contributed by atoms with E-state index in [1.807, 2.05) is 13.8 Å². The predicted molar refractivity (Wildman–Crippen MR) is 108 cm³/mol. The zero-order chi connectivity index (χ0) is 21.3. The molecule has 9 heteroatoms. The molecule has 8 nitrogen and oxygen atoms in total. The van der Waals surface area contributed by atoms with Gasteiger partial charge >= 0.3 is 0 Å². The third kappa shape index (κ3) is 5.08. The van der Waals surface area contributed by atoms with Crippen molar-refractivity contribution in [3.63, 3.8) is 0 Å². The summed E-state index contributed by atoms with van der Waals surface area (Å²) in [5, 5.41) is 23.4. The molecule has 3 fully saturated rings. The van der Waals surface area contributed by atoms with Crippen molar-refractivity contribution in [1.82, 2.24) is 21.1 Å². The van der Waals surface area contributed by atoms with Crippen molar-refractivity contribution < 1.29 is 19.4 Å². The van der Waals surface area contributed by atoms with Crippen LogP contribution in [-0.2, 0) is 4.79 Å². The number of nitrogens with two attached hydrogens (primary N) is 1. The molecule has 10 atom stereocenters. The third-order valence-electron chi connectivity index (χ3n) is 7.19. The Morgan fingerprint density at radius 3 is 2.66 bits per heavy atom. The van der Waals surface area contributed by atoms with E-state index in [9.17, 15) is 19.4 Å². The molecule has 0 bridgehead atoms. The lowest BCUT2D eigenvalue weighted by Gasteiger charge is -2.36. The molecule has 3 aliphatic rings. The van der Waals surface area contributed by atoms with Gasteiger partial charge in [-0.2, -0.15) is 0 Å². The highest BCUT2D eigenvalue weighted by Crippen LogP contribution is 2.28. The molecule has 7 unspecified atom stereocenters. The van der Waals surface area contributed by atoms with Crippen LogP contribution in [0.25, 0.3) is 0 Å². The molecule has 3 rings (SSSR count). The molecule has 0 radical (unpaired) electrons. The van der Waals surface area contributed by atoms with Gasteiger partial charge in [0.25, 0.3) is 0 Å². The van der Waals surface area contributed by atoms with Crippen LogP contribution in [0, 0.1) is 11.8 Å². The summed E-state index contributed by atoms with van der Waals surface area (Å²) in [7, 11) is 1.76. The molecular weight excluding hydrogens is 377 g/mol. The number of aliphatic hydroxyl groups is 2. The van der Waals surface area contributed by atoms with Crippen LogP contribution in [0.2, 0.25) is 0 Å². The summed E-state index contributed by atoms with van der Waals surface area (Å²) in [4.78, 5) is 14.9. The van der Waals surface area contributed by atoms with E-state index in [4.69, 9.17) is 5.73 Å². The average molecular weight is 416 g/mol. The van der Waals surface area contributed by atoms with E-state index in [-0.39, 0.29) is 41.9 Å². The van der Waals surface area contributed by atoms with E-state index in [0.29, 0.717) is 38.6 Å². The van der Waals surface area contributed by atoms with Crippen LogP contribution in [0.5, 0.6) is 0 Å². The van der Waals surface area contributed by atoms with E-state index in [1.54, 1.807) is 11.9 Å². The number of nitrogens with zero attached hydrogens (tertiary/aromatic N) is 1. The Morgan fingerprint density at radius 2 is 2.00 bits per heavy atom. The van der Waals surface area contributed by atoms with Crippen molar-refractivity contribution in [2.24, 2.45) is 17.6 Å². The summed E-state index contributed by atoms with van der Waals surface area (Å²) < 4.78 is 13.8. The molecule has 1 saturated heterocycles. The topological polar surface area (TPSA) is 123 Å². The maximum absolute atomic E-state index is 13.8. The van der Waals surface area contributed by atoms with Gasteiger partial charge in [-0.05, 0) is 51.9 Å². The van der Waals surface area contributed by atoms with Crippen LogP contribution >= 0.6 is 0 Å². The number of carbonyl (C=O) groups is 1. The Hall–Kier alpha value is -0.840. The Labute approximate surface area is 172 Å². The predicted octanol–water partition coefficient (Wildman–Crippen LogP) is -0.746. The smallest absolute Gasteiger partial charge is 0.241 e. The van der Waals surface area contributed by atoms with Crippen molar-refractivity contribution in [1.29, 1.82) is 0 Å². The Morgan fingerprint density at radius 1 is 1.28 bits per heavy atom. The molecule has 1 aliphatic heterocycles. The largest absolute Gasteiger partial charge is 0.390 e. The number of carbonyl (C=O) groups excluding carboxylic acids is 1. The second-order valence-corrected chi connectivity index (χ2v) is 9.38. The highest BCUT2D eigenvalue weighted by molar-refractivity contribution is 5.82. The first-order chi connectivity index (χ1) is 13.7. The number of likely N-dealkylation sites (N-methyl/N-ethyl adjacent to an activating group) is 1. The fourth-order valence-corrected chi connectivity index (χ4v) is 5.36. The van der Waals surface area contributed by atoms with Gasteiger partial charge in [0.05, 0.1) is 12.2 Å². The van der Waals surface area contributed by atoms with Gasteiger partial charge in [-0.25, -0.2) is 9.82 Å². The molecule has 0 aromatic carbocycles.